The van der Waals surface area contributed by atoms with E-state index in [1.165, 1.54) is 4.57 Å². The molecule has 0 spiro atoms. The second-order valence-corrected chi connectivity index (χ2v) is 7.13. The van der Waals surface area contributed by atoms with E-state index in [-0.39, 0.29) is 12.3 Å². The van der Waals surface area contributed by atoms with Crippen LogP contribution in [0.4, 0.5) is 0 Å². The van der Waals surface area contributed by atoms with E-state index in [0.29, 0.717) is 18.7 Å². The van der Waals surface area contributed by atoms with E-state index in [2.05, 4.69) is 15.9 Å². The van der Waals surface area contributed by atoms with Gasteiger partial charge < -0.3 is 9.32 Å². The predicted molar refractivity (Wildman–Crippen MR) is 93.6 cm³/mol. The maximum absolute atomic E-state index is 12.3. The fourth-order valence-corrected chi connectivity index (χ4v) is 3.89. The molecule has 0 aliphatic heterocycles. The Morgan fingerprint density at radius 3 is 2.91 bits per heavy atom. The number of aryl methyl sites for hydroxylation is 1. The van der Waals surface area contributed by atoms with E-state index in [1.54, 1.807) is 29.4 Å². The third-order valence-electron chi connectivity index (χ3n) is 3.56. The largest absolute Gasteiger partial charge is 0.419 e. The molecule has 2 heterocycles. The third kappa shape index (κ3) is 3.56. The number of para-hydroxylation sites is 2. The molecule has 0 unspecified atom stereocenters. The van der Waals surface area contributed by atoms with Crippen LogP contribution in [0.1, 0.15) is 11.3 Å². The van der Waals surface area contributed by atoms with Crippen molar-refractivity contribution in [3.63, 3.8) is 0 Å². The molecule has 3 rings (SSSR count). The zero-order valence-corrected chi connectivity index (χ0v) is 14.9. The molecule has 1 amide bonds. The number of hydrogen-bond donors (Lipinski definition) is 0. The molecule has 0 bridgehead atoms. The maximum atomic E-state index is 12.3. The van der Waals surface area contributed by atoms with Gasteiger partial charge in [-0.3, -0.25) is 9.36 Å². The molecule has 3 aromatic rings. The first-order valence-electron chi connectivity index (χ1n) is 7.10. The van der Waals surface area contributed by atoms with Crippen molar-refractivity contribution in [2.24, 2.45) is 0 Å². The zero-order valence-electron chi connectivity index (χ0n) is 12.5. The Bertz CT molecular complexity index is 896. The number of thiophene rings is 1. The smallest absolute Gasteiger partial charge is 0.408 e. The van der Waals surface area contributed by atoms with Crippen LogP contribution in [0, 0.1) is 0 Å². The average Bonchev–Trinajstić information content (AvgIpc) is 3.07. The molecule has 120 valence electrons. The molecule has 5 nitrogen and oxygen atoms in total. The lowest BCUT2D eigenvalue weighted by Crippen LogP contribution is -2.28. The summed E-state index contributed by atoms with van der Waals surface area (Å²) in [6.45, 7) is 0.878. The summed E-state index contributed by atoms with van der Waals surface area (Å²) in [4.78, 5) is 26.9. The van der Waals surface area contributed by atoms with Crippen LogP contribution in [0.25, 0.3) is 11.1 Å². The number of carbonyl (C=O) groups excluding carboxylic acids is 1. The average molecular weight is 395 g/mol. The van der Waals surface area contributed by atoms with Gasteiger partial charge in [0.25, 0.3) is 0 Å². The monoisotopic (exact) mass is 394 g/mol. The van der Waals surface area contributed by atoms with Crippen molar-refractivity contribution in [3.8, 4) is 0 Å². The van der Waals surface area contributed by atoms with Crippen molar-refractivity contribution in [3.05, 3.63) is 55.6 Å². The molecule has 0 aliphatic rings. The molecule has 0 radical (unpaired) electrons. The van der Waals surface area contributed by atoms with E-state index < -0.39 is 5.76 Å². The molecule has 0 fully saturated rings. The maximum Gasteiger partial charge on any atom is 0.419 e. The van der Waals surface area contributed by atoms with E-state index in [1.807, 2.05) is 29.6 Å². The Balaban J connectivity index is 1.66. The van der Waals surface area contributed by atoms with Crippen LogP contribution < -0.4 is 5.76 Å². The quantitative estimate of drug-likeness (QED) is 0.665. The van der Waals surface area contributed by atoms with Gasteiger partial charge in [0.05, 0.1) is 12.1 Å². The fourth-order valence-electron chi connectivity index (χ4n) is 2.38. The van der Waals surface area contributed by atoms with Gasteiger partial charge in [0.2, 0.25) is 5.91 Å². The summed E-state index contributed by atoms with van der Waals surface area (Å²) in [6.07, 6.45) is 0.256. The Hall–Kier alpha value is -1.86. The van der Waals surface area contributed by atoms with Crippen molar-refractivity contribution in [2.45, 2.75) is 19.5 Å². The number of nitrogens with zero attached hydrogens (tertiary/aromatic N) is 2. The van der Waals surface area contributed by atoms with E-state index in [9.17, 15) is 9.59 Å². The van der Waals surface area contributed by atoms with Gasteiger partial charge in [-0.05, 0) is 34.1 Å². The summed E-state index contributed by atoms with van der Waals surface area (Å²) in [7, 11) is 1.77. The van der Waals surface area contributed by atoms with Gasteiger partial charge in [0, 0.05) is 34.7 Å². The van der Waals surface area contributed by atoms with E-state index in [4.69, 9.17) is 4.42 Å². The Kier molecular flexibility index (Phi) is 4.68. The van der Waals surface area contributed by atoms with Crippen molar-refractivity contribution < 1.29 is 9.21 Å². The first-order valence-corrected chi connectivity index (χ1v) is 8.77. The van der Waals surface area contributed by atoms with E-state index in [0.717, 1.165) is 14.9 Å². The number of hydrogen-bond acceptors (Lipinski definition) is 4. The summed E-state index contributed by atoms with van der Waals surface area (Å²) < 4.78 is 7.69. The summed E-state index contributed by atoms with van der Waals surface area (Å²) in [5.41, 5.74) is 1.26. The summed E-state index contributed by atoms with van der Waals surface area (Å²) in [6, 6.07) is 9.22. The predicted octanol–water partition coefficient (Wildman–Crippen LogP) is 3.47. The van der Waals surface area contributed by atoms with Gasteiger partial charge in [0.15, 0.2) is 5.58 Å². The van der Waals surface area contributed by atoms with Gasteiger partial charge in [-0.15, -0.1) is 11.3 Å². The molecular weight excluding hydrogens is 380 g/mol. The second-order valence-electron chi connectivity index (χ2n) is 5.22. The molecule has 0 saturated heterocycles. The molecule has 7 heteroatoms. The lowest BCUT2D eigenvalue weighted by atomic mass is 10.3. The minimum atomic E-state index is -0.427. The van der Waals surface area contributed by atoms with Crippen LogP contribution in [0.5, 0.6) is 0 Å². The molecule has 1 aromatic carbocycles. The number of benzene rings is 1. The topological polar surface area (TPSA) is 55.5 Å². The highest BCUT2D eigenvalue weighted by Crippen LogP contribution is 2.21. The first-order chi connectivity index (χ1) is 11.0. The Labute approximate surface area is 145 Å². The molecule has 0 atom stereocenters. The number of amides is 1. The summed E-state index contributed by atoms with van der Waals surface area (Å²) in [5.74, 6) is -0.435. The SMILES string of the molecule is CN(Cc1cc(Br)cs1)C(=O)CCn1c(=O)oc2ccccc21. The van der Waals surface area contributed by atoms with E-state index >= 15 is 0 Å². The molecule has 0 N–H and O–H groups in total. The number of halogens is 1. The number of fused-ring (bicyclic) bond motifs is 1. The second kappa shape index (κ2) is 6.72. The zero-order chi connectivity index (χ0) is 16.4. The Morgan fingerprint density at radius 1 is 1.39 bits per heavy atom. The standard InChI is InChI=1S/C16H15BrN2O3S/c1-18(9-12-8-11(17)10-23-12)15(20)6-7-19-13-4-2-3-5-14(13)22-16(19)21/h2-5,8,10H,6-7,9H2,1H3. The minimum absolute atomic E-state index is 0.00768. The van der Waals surface area contributed by atoms with Crippen LogP contribution in [0.3, 0.4) is 0 Å². The highest BCUT2D eigenvalue weighted by atomic mass is 79.9. The van der Waals surface area contributed by atoms with Crippen molar-refractivity contribution in [2.75, 3.05) is 7.05 Å². The van der Waals surface area contributed by atoms with Gasteiger partial charge >= 0.3 is 5.76 Å². The van der Waals surface area contributed by atoms with Crippen LogP contribution in [-0.2, 0) is 17.9 Å². The number of aromatic nitrogens is 1. The van der Waals surface area contributed by atoms with Crippen LogP contribution in [0.2, 0.25) is 0 Å². The third-order valence-corrected chi connectivity index (χ3v) is 5.25. The van der Waals surface area contributed by atoms with Crippen LogP contribution in [-0.4, -0.2) is 22.4 Å². The van der Waals surface area contributed by atoms with Gasteiger partial charge in [-0.2, -0.15) is 0 Å². The summed E-state index contributed by atoms with van der Waals surface area (Å²) >= 11 is 5.01. The lowest BCUT2D eigenvalue weighted by Gasteiger charge is -2.16. The van der Waals surface area contributed by atoms with Gasteiger partial charge in [-0.1, -0.05) is 12.1 Å². The highest BCUT2D eigenvalue weighted by molar-refractivity contribution is 9.10. The van der Waals surface area contributed by atoms with Gasteiger partial charge in [0.1, 0.15) is 0 Å². The molecule has 0 saturated carbocycles. The van der Waals surface area contributed by atoms with Crippen molar-refractivity contribution in [1.82, 2.24) is 9.47 Å². The molecule has 23 heavy (non-hydrogen) atoms. The molecule has 0 aliphatic carbocycles. The number of carbonyl (C=O) groups is 1. The number of rotatable bonds is 5. The highest BCUT2D eigenvalue weighted by Gasteiger charge is 2.14. The van der Waals surface area contributed by atoms with Crippen LogP contribution >= 0.6 is 27.3 Å². The lowest BCUT2D eigenvalue weighted by molar-refractivity contribution is -0.130. The normalized spacial score (nSPS) is 11.0. The minimum Gasteiger partial charge on any atom is -0.408 e. The summed E-state index contributed by atoms with van der Waals surface area (Å²) in [5, 5.41) is 1.99. The van der Waals surface area contributed by atoms with Gasteiger partial charge in [-0.25, -0.2) is 4.79 Å². The molecular formula is C16H15BrN2O3S. The fraction of sp³-hybridized carbons (Fsp3) is 0.250. The Morgan fingerprint density at radius 2 is 2.17 bits per heavy atom. The van der Waals surface area contributed by atoms with Crippen molar-refractivity contribution in [1.29, 1.82) is 0 Å². The van der Waals surface area contributed by atoms with Crippen molar-refractivity contribution >= 4 is 44.3 Å². The molecule has 2 aromatic heterocycles. The number of oxazole rings is 1. The first kappa shape index (κ1) is 16.0. The van der Waals surface area contributed by atoms with Crippen LogP contribution in [0.15, 0.2) is 49.4 Å².